The maximum absolute atomic E-state index is 13.1. The largest absolute Gasteiger partial charge is 0.427 e. The van der Waals surface area contributed by atoms with Crippen molar-refractivity contribution in [3.05, 3.63) is 81.6 Å². The number of hydrogen-bond acceptors (Lipinski definition) is 3. The summed E-state index contributed by atoms with van der Waals surface area (Å²) in [6.45, 7) is 0. The third kappa shape index (κ3) is 5.66. The molecule has 6 heteroatoms. The zero-order chi connectivity index (χ0) is 17.4. The summed E-state index contributed by atoms with van der Waals surface area (Å²) >= 11 is 2.11. The molecule has 0 N–H and O–H groups in total. The molecule has 0 radical (unpaired) electrons. The lowest BCUT2D eigenvalue weighted by molar-refractivity contribution is -0.0873. The first-order valence-electron chi connectivity index (χ1n) is 7.05. The Hall–Kier alpha value is -1.84. The van der Waals surface area contributed by atoms with Gasteiger partial charge in [0, 0.05) is 11.5 Å². The number of nitriles is 1. The van der Waals surface area contributed by atoms with E-state index in [0.717, 1.165) is 34.7 Å². The zero-order valence-electron chi connectivity index (χ0n) is 12.6. The molecule has 2 aromatic carbocycles. The van der Waals surface area contributed by atoms with Gasteiger partial charge in [0.15, 0.2) is 5.57 Å². The Kier molecular flexibility index (Phi) is 6.83. The molecule has 0 aliphatic rings. The van der Waals surface area contributed by atoms with Crippen LogP contribution < -0.4 is 0 Å². The molecule has 2 rings (SSSR count). The monoisotopic (exact) mass is 365 g/mol. The van der Waals surface area contributed by atoms with Gasteiger partial charge in [0.1, 0.15) is 6.07 Å². The molecule has 0 heterocycles. The third-order valence-corrected chi connectivity index (χ3v) is 5.62. The third-order valence-electron chi connectivity index (χ3n) is 3.02. The molecule has 124 valence electrons. The van der Waals surface area contributed by atoms with Gasteiger partial charge in [-0.05, 0) is 11.1 Å². The standard InChI is InChI=1S/C18H14F3NS2/c19-18(20,21)16(11-22)17(23-12-14-7-3-1-4-8-14)24-13-15-9-5-2-6-10-15/h1-10H,12-13H2. The van der Waals surface area contributed by atoms with Crippen molar-refractivity contribution in [2.45, 2.75) is 17.7 Å². The smallest absolute Gasteiger partial charge is 0.192 e. The van der Waals surface area contributed by atoms with Crippen molar-refractivity contribution in [1.82, 2.24) is 0 Å². The number of hydrogen-bond donors (Lipinski definition) is 0. The van der Waals surface area contributed by atoms with Crippen molar-refractivity contribution >= 4 is 23.5 Å². The molecule has 0 saturated heterocycles. The fourth-order valence-electron chi connectivity index (χ4n) is 1.86. The van der Waals surface area contributed by atoms with Crippen LogP contribution >= 0.6 is 23.5 Å². The van der Waals surface area contributed by atoms with Gasteiger partial charge >= 0.3 is 6.18 Å². The second kappa shape index (κ2) is 8.86. The summed E-state index contributed by atoms with van der Waals surface area (Å²) < 4.78 is 39.4. The summed E-state index contributed by atoms with van der Waals surface area (Å²) in [5.41, 5.74) is 0.712. The highest BCUT2D eigenvalue weighted by Gasteiger charge is 2.37. The molecule has 0 aliphatic carbocycles. The minimum absolute atomic E-state index is 0.0118. The predicted molar refractivity (Wildman–Crippen MR) is 94.2 cm³/mol. The maximum Gasteiger partial charge on any atom is 0.427 e. The molecular weight excluding hydrogens is 351 g/mol. The second-order valence-corrected chi connectivity index (χ2v) is 7.05. The van der Waals surface area contributed by atoms with Crippen LogP contribution in [-0.2, 0) is 11.5 Å². The van der Waals surface area contributed by atoms with Crippen molar-refractivity contribution in [2.24, 2.45) is 0 Å². The molecule has 0 amide bonds. The predicted octanol–water partition coefficient (Wildman–Crippen LogP) is 6.15. The van der Waals surface area contributed by atoms with Crippen LogP contribution in [0.5, 0.6) is 0 Å². The number of thioether (sulfide) groups is 2. The Bertz CT molecular complexity index is 674. The van der Waals surface area contributed by atoms with E-state index in [1.54, 1.807) is 0 Å². The maximum atomic E-state index is 13.1. The first-order chi connectivity index (χ1) is 11.5. The fourth-order valence-corrected chi connectivity index (χ4v) is 4.14. The lowest BCUT2D eigenvalue weighted by atomic mass is 10.2. The van der Waals surface area contributed by atoms with Gasteiger partial charge in [-0.2, -0.15) is 18.4 Å². The van der Waals surface area contributed by atoms with Crippen LogP contribution in [0.3, 0.4) is 0 Å². The van der Waals surface area contributed by atoms with E-state index in [0.29, 0.717) is 11.5 Å². The number of rotatable bonds is 6. The van der Waals surface area contributed by atoms with E-state index >= 15 is 0 Å². The molecule has 0 unspecified atom stereocenters. The van der Waals surface area contributed by atoms with E-state index in [9.17, 15) is 13.2 Å². The molecule has 0 atom stereocenters. The van der Waals surface area contributed by atoms with Crippen LogP contribution in [0.25, 0.3) is 0 Å². The molecule has 0 saturated carbocycles. The Labute approximate surface area is 147 Å². The summed E-state index contributed by atoms with van der Waals surface area (Å²) in [6, 6.07) is 19.8. The van der Waals surface area contributed by atoms with Crippen molar-refractivity contribution in [2.75, 3.05) is 0 Å². The minimum Gasteiger partial charge on any atom is -0.192 e. The number of nitrogens with zero attached hydrogens (tertiary/aromatic N) is 1. The van der Waals surface area contributed by atoms with Crippen LogP contribution in [0, 0.1) is 11.3 Å². The summed E-state index contributed by atoms with van der Waals surface area (Å²) in [5, 5.41) is 8.97. The normalized spacial score (nSPS) is 10.9. The summed E-state index contributed by atoms with van der Waals surface area (Å²) in [4.78, 5) is 0. The van der Waals surface area contributed by atoms with Crippen LogP contribution in [0.4, 0.5) is 13.2 Å². The van der Waals surface area contributed by atoms with Crippen molar-refractivity contribution in [3.63, 3.8) is 0 Å². The quantitative estimate of drug-likeness (QED) is 0.574. The minimum atomic E-state index is -4.64. The van der Waals surface area contributed by atoms with E-state index in [4.69, 9.17) is 5.26 Å². The van der Waals surface area contributed by atoms with Gasteiger partial charge in [0.2, 0.25) is 0 Å². The molecule has 24 heavy (non-hydrogen) atoms. The van der Waals surface area contributed by atoms with Gasteiger partial charge in [-0.1, -0.05) is 60.7 Å². The van der Waals surface area contributed by atoms with Gasteiger partial charge < -0.3 is 0 Å². The Morgan fingerprint density at radius 1 is 0.833 bits per heavy atom. The first kappa shape index (κ1) is 18.5. The Morgan fingerprint density at radius 3 is 1.58 bits per heavy atom. The van der Waals surface area contributed by atoms with Gasteiger partial charge in [-0.15, -0.1) is 23.5 Å². The van der Waals surface area contributed by atoms with E-state index in [2.05, 4.69) is 0 Å². The molecule has 0 aliphatic heterocycles. The van der Waals surface area contributed by atoms with Crippen molar-refractivity contribution in [3.8, 4) is 6.07 Å². The highest BCUT2D eigenvalue weighted by molar-refractivity contribution is 8.21. The molecule has 0 bridgehead atoms. The highest BCUT2D eigenvalue weighted by Crippen LogP contribution is 2.41. The van der Waals surface area contributed by atoms with Crippen molar-refractivity contribution in [1.29, 1.82) is 5.26 Å². The number of halogens is 3. The highest BCUT2D eigenvalue weighted by atomic mass is 32.2. The summed E-state index contributed by atoms with van der Waals surface area (Å²) in [6.07, 6.45) is -4.64. The Balaban J connectivity index is 2.18. The van der Waals surface area contributed by atoms with Crippen LogP contribution in [0.1, 0.15) is 11.1 Å². The van der Waals surface area contributed by atoms with E-state index in [1.807, 2.05) is 60.7 Å². The summed E-state index contributed by atoms with van der Waals surface area (Å²) in [5.74, 6) is 0.776. The van der Waals surface area contributed by atoms with Crippen LogP contribution in [-0.4, -0.2) is 6.18 Å². The van der Waals surface area contributed by atoms with Crippen molar-refractivity contribution < 1.29 is 13.2 Å². The lowest BCUT2D eigenvalue weighted by Crippen LogP contribution is -2.11. The SMILES string of the molecule is N#CC(=C(SCc1ccccc1)SCc1ccccc1)C(F)(F)F. The van der Waals surface area contributed by atoms with E-state index < -0.39 is 11.7 Å². The Morgan fingerprint density at radius 2 is 1.25 bits per heavy atom. The molecule has 0 fully saturated rings. The molecule has 0 aromatic heterocycles. The first-order valence-corrected chi connectivity index (χ1v) is 9.03. The fraction of sp³-hybridized carbons (Fsp3) is 0.167. The molecule has 2 aromatic rings. The number of allylic oxidation sites excluding steroid dienone is 1. The van der Waals surface area contributed by atoms with Gasteiger partial charge in [-0.25, -0.2) is 0 Å². The average molecular weight is 365 g/mol. The second-order valence-electron chi connectivity index (χ2n) is 4.82. The van der Waals surface area contributed by atoms with Gasteiger partial charge in [-0.3, -0.25) is 0 Å². The molecule has 0 spiro atoms. The molecule has 1 nitrogen and oxygen atoms in total. The van der Waals surface area contributed by atoms with Gasteiger partial charge in [0.25, 0.3) is 0 Å². The topological polar surface area (TPSA) is 23.8 Å². The number of benzene rings is 2. The average Bonchev–Trinajstić information content (AvgIpc) is 2.58. The summed E-state index contributed by atoms with van der Waals surface area (Å²) in [7, 11) is 0. The van der Waals surface area contributed by atoms with Crippen LogP contribution in [0.2, 0.25) is 0 Å². The van der Waals surface area contributed by atoms with Crippen LogP contribution in [0.15, 0.2) is 70.5 Å². The lowest BCUT2D eigenvalue weighted by Gasteiger charge is -2.12. The zero-order valence-corrected chi connectivity index (χ0v) is 14.2. The molecular formula is C18H14F3NS2. The number of alkyl halides is 3. The van der Waals surface area contributed by atoms with E-state index in [1.165, 1.54) is 6.07 Å². The van der Waals surface area contributed by atoms with Gasteiger partial charge in [0.05, 0.1) is 4.24 Å². The van der Waals surface area contributed by atoms with E-state index in [-0.39, 0.29) is 4.24 Å².